The predicted octanol–water partition coefficient (Wildman–Crippen LogP) is 1.66. The van der Waals surface area contributed by atoms with Crippen LogP contribution in [0.3, 0.4) is 0 Å². The molecule has 0 atom stereocenters. The largest absolute Gasteiger partial charge is 0.380 e. The van der Waals surface area contributed by atoms with Gasteiger partial charge in [0.2, 0.25) is 0 Å². The average Bonchev–Trinajstić information content (AvgIpc) is 2.20. The molecule has 84 valence electrons. The number of hydrogen-bond donors (Lipinski definition) is 0. The molecule has 0 fully saturated rings. The molecule has 0 aliphatic carbocycles. The molecule has 0 saturated heterocycles. The summed E-state index contributed by atoms with van der Waals surface area (Å²) in [6.45, 7) is 3.96. The van der Waals surface area contributed by atoms with Crippen LogP contribution in [-0.2, 0) is 11.3 Å². The number of ether oxygens (including phenoxy) is 1. The topological polar surface area (TPSA) is 44.1 Å². The quantitative estimate of drug-likeness (QED) is 0.591. The molecule has 1 aromatic heterocycles. The smallest absolute Gasteiger partial charge is 0.267 e. The normalized spacial score (nSPS) is 10.5. The highest BCUT2D eigenvalue weighted by molar-refractivity contribution is 14.1. The van der Waals surface area contributed by atoms with Gasteiger partial charge >= 0.3 is 0 Å². The van der Waals surface area contributed by atoms with Gasteiger partial charge in [0, 0.05) is 16.2 Å². The van der Waals surface area contributed by atoms with Crippen molar-refractivity contribution in [1.82, 2.24) is 9.78 Å². The molecule has 0 aliphatic heterocycles. The molecule has 0 aliphatic rings. The van der Waals surface area contributed by atoms with Crippen molar-refractivity contribution >= 4 is 22.6 Å². The first-order valence-corrected chi connectivity index (χ1v) is 6.12. The van der Waals surface area contributed by atoms with E-state index in [1.54, 1.807) is 12.3 Å². The number of hydrogen-bond acceptors (Lipinski definition) is 3. The maximum atomic E-state index is 11.4. The molecule has 5 heteroatoms. The predicted molar refractivity (Wildman–Crippen MR) is 66.9 cm³/mol. The molecular weight excluding hydrogens is 307 g/mol. The molecule has 15 heavy (non-hydrogen) atoms. The van der Waals surface area contributed by atoms with E-state index >= 15 is 0 Å². The maximum Gasteiger partial charge on any atom is 0.267 e. The average molecular weight is 322 g/mol. The third-order valence-electron chi connectivity index (χ3n) is 1.93. The Kier molecular flexibility index (Phi) is 5.85. The molecule has 0 unspecified atom stereocenters. The van der Waals surface area contributed by atoms with Crippen molar-refractivity contribution in [3.8, 4) is 0 Å². The fraction of sp³-hybridized carbons (Fsp3) is 0.600. The van der Waals surface area contributed by atoms with Gasteiger partial charge < -0.3 is 4.74 Å². The van der Waals surface area contributed by atoms with Crippen molar-refractivity contribution in [3.63, 3.8) is 0 Å². The van der Waals surface area contributed by atoms with Gasteiger partial charge in [-0.1, -0.05) is 13.3 Å². The van der Waals surface area contributed by atoms with Crippen molar-refractivity contribution in [3.05, 3.63) is 26.2 Å². The summed E-state index contributed by atoms with van der Waals surface area (Å²) in [7, 11) is 0. The van der Waals surface area contributed by atoms with E-state index in [4.69, 9.17) is 4.74 Å². The lowest BCUT2D eigenvalue weighted by Crippen LogP contribution is -2.24. The minimum Gasteiger partial charge on any atom is -0.380 e. The highest BCUT2D eigenvalue weighted by Gasteiger charge is 1.97. The van der Waals surface area contributed by atoms with E-state index in [0.29, 0.717) is 13.2 Å². The monoisotopic (exact) mass is 322 g/mol. The molecule has 1 aromatic rings. The van der Waals surface area contributed by atoms with Gasteiger partial charge in [0.25, 0.3) is 5.56 Å². The summed E-state index contributed by atoms with van der Waals surface area (Å²) in [5.41, 5.74) is -0.0685. The van der Waals surface area contributed by atoms with Crippen molar-refractivity contribution in [2.24, 2.45) is 0 Å². The zero-order valence-corrected chi connectivity index (χ0v) is 10.9. The summed E-state index contributed by atoms with van der Waals surface area (Å²) in [5.74, 6) is 0. The molecule has 1 rings (SSSR count). The highest BCUT2D eigenvalue weighted by Crippen LogP contribution is 1.95. The van der Waals surface area contributed by atoms with Crippen LogP contribution in [0.25, 0.3) is 0 Å². The van der Waals surface area contributed by atoms with Crippen molar-refractivity contribution in [2.45, 2.75) is 26.3 Å². The Morgan fingerprint density at radius 1 is 1.53 bits per heavy atom. The Morgan fingerprint density at radius 2 is 2.33 bits per heavy atom. The summed E-state index contributed by atoms with van der Waals surface area (Å²) < 4.78 is 7.65. The third kappa shape index (κ3) is 4.74. The van der Waals surface area contributed by atoms with Crippen LogP contribution in [0.1, 0.15) is 19.8 Å². The van der Waals surface area contributed by atoms with Crippen LogP contribution in [-0.4, -0.2) is 23.0 Å². The highest BCUT2D eigenvalue weighted by atomic mass is 127. The van der Waals surface area contributed by atoms with Crippen molar-refractivity contribution in [1.29, 1.82) is 0 Å². The lowest BCUT2D eigenvalue weighted by Gasteiger charge is -2.04. The summed E-state index contributed by atoms with van der Waals surface area (Å²) in [6, 6.07) is 1.57. The first-order valence-electron chi connectivity index (χ1n) is 5.04. The number of halogens is 1. The van der Waals surface area contributed by atoms with Crippen molar-refractivity contribution < 1.29 is 4.74 Å². The second-order valence-corrected chi connectivity index (χ2v) is 4.45. The van der Waals surface area contributed by atoms with E-state index in [0.717, 1.165) is 23.0 Å². The van der Waals surface area contributed by atoms with Gasteiger partial charge in [-0.05, 0) is 29.0 Å². The maximum absolute atomic E-state index is 11.4. The fourth-order valence-electron chi connectivity index (χ4n) is 1.08. The molecule has 0 bridgehead atoms. The zero-order chi connectivity index (χ0) is 11.1. The molecule has 4 nitrogen and oxygen atoms in total. The van der Waals surface area contributed by atoms with E-state index in [1.807, 2.05) is 0 Å². The SMILES string of the molecule is CCCCOCCn1ncc(I)cc1=O. The Bertz CT molecular complexity index is 352. The minimum absolute atomic E-state index is 0.0685. The Hall–Kier alpha value is -0.430. The van der Waals surface area contributed by atoms with E-state index < -0.39 is 0 Å². The summed E-state index contributed by atoms with van der Waals surface area (Å²) >= 11 is 2.07. The molecule has 0 amide bonds. The fourth-order valence-corrected chi connectivity index (χ4v) is 1.47. The first kappa shape index (κ1) is 12.6. The third-order valence-corrected chi connectivity index (χ3v) is 2.52. The number of aromatic nitrogens is 2. The second-order valence-electron chi connectivity index (χ2n) is 3.20. The van der Waals surface area contributed by atoms with Gasteiger partial charge in [-0.15, -0.1) is 0 Å². The van der Waals surface area contributed by atoms with E-state index in [1.165, 1.54) is 4.68 Å². The van der Waals surface area contributed by atoms with Gasteiger partial charge in [-0.3, -0.25) is 4.79 Å². The molecule has 0 N–H and O–H groups in total. The van der Waals surface area contributed by atoms with Crippen LogP contribution in [0.4, 0.5) is 0 Å². The molecule has 0 spiro atoms. The summed E-state index contributed by atoms with van der Waals surface area (Å²) in [5, 5.41) is 4.01. The first-order chi connectivity index (χ1) is 7.24. The van der Waals surface area contributed by atoms with Crippen LogP contribution in [0, 0.1) is 3.57 Å². The molecule has 0 saturated carbocycles. The Labute approximate surface area is 103 Å². The van der Waals surface area contributed by atoms with E-state index in [2.05, 4.69) is 34.6 Å². The van der Waals surface area contributed by atoms with Gasteiger partial charge in [0.1, 0.15) is 0 Å². The zero-order valence-electron chi connectivity index (χ0n) is 8.78. The Morgan fingerprint density at radius 3 is 3.00 bits per heavy atom. The van der Waals surface area contributed by atoms with Crippen LogP contribution >= 0.6 is 22.6 Å². The molecular formula is C10H15IN2O2. The van der Waals surface area contributed by atoms with E-state index in [-0.39, 0.29) is 5.56 Å². The summed E-state index contributed by atoms with van der Waals surface area (Å²) in [6.07, 6.45) is 3.87. The van der Waals surface area contributed by atoms with Gasteiger partial charge in [-0.2, -0.15) is 5.10 Å². The number of nitrogens with zero attached hydrogens (tertiary/aromatic N) is 2. The van der Waals surface area contributed by atoms with Crippen LogP contribution < -0.4 is 5.56 Å². The van der Waals surface area contributed by atoms with Crippen LogP contribution in [0.5, 0.6) is 0 Å². The lowest BCUT2D eigenvalue weighted by molar-refractivity contribution is 0.120. The molecule has 0 aromatic carbocycles. The Balaban J connectivity index is 2.34. The second kappa shape index (κ2) is 6.95. The van der Waals surface area contributed by atoms with Crippen LogP contribution in [0.2, 0.25) is 0 Å². The standard InChI is InChI=1S/C10H15IN2O2/c1-2-3-5-15-6-4-13-10(14)7-9(11)8-12-13/h7-8H,2-6H2,1H3. The number of unbranched alkanes of at least 4 members (excludes halogenated alkanes) is 1. The lowest BCUT2D eigenvalue weighted by atomic mass is 10.4. The van der Waals surface area contributed by atoms with Gasteiger partial charge in [0.15, 0.2) is 0 Å². The van der Waals surface area contributed by atoms with Gasteiger partial charge in [0.05, 0.1) is 19.3 Å². The molecule has 1 heterocycles. The van der Waals surface area contributed by atoms with Crippen molar-refractivity contribution in [2.75, 3.05) is 13.2 Å². The van der Waals surface area contributed by atoms with E-state index in [9.17, 15) is 4.79 Å². The number of rotatable bonds is 6. The minimum atomic E-state index is -0.0685. The van der Waals surface area contributed by atoms with Gasteiger partial charge in [-0.25, -0.2) is 4.68 Å². The van der Waals surface area contributed by atoms with Crippen LogP contribution in [0.15, 0.2) is 17.1 Å². The summed E-state index contributed by atoms with van der Waals surface area (Å²) in [4.78, 5) is 11.4. The molecule has 0 radical (unpaired) electrons.